The fourth-order valence-corrected chi connectivity index (χ4v) is 4.30. The van der Waals surface area contributed by atoms with Gasteiger partial charge in [0, 0.05) is 0 Å². The van der Waals surface area contributed by atoms with Crippen molar-refractivity contribution in [2.45, 2.75) is 104 Å². The topological polar surface area (TPSA) is 38.3 Å². The molecule has 0 bridgehead atoms. The Morgan fingerprint density at radius 2 is 1.39 bits per heavy atom. The molecule has 0 aliphatic rings. The Morgan fingerprint density at radius 1 is 0.957 bits per heavy atom. The van der Waals surface area contributed by atoms with Gasteiger partial charge in [-0.2, -0.15) is 0 Å². The van der Waals surface area contributed by atoms with E-state index in [-0.39, 0.29) is 22.1 Å². The van der Waals surface area contributed by atoms with Crippen molar-refractivity contribution in [2.75, 3.05) is 0 Å². The van der Waals surface area contributed by atoms with E-state index in [9.17, 15) is 4.79 Å². The summed E-state index contributed by atoms with van der Waals surface area (Å²) >= 11 is 0. The lowest BCUT2D eigenvalue weighted by Crippen LogP contribution is -2.60. The Balaban J connectivity index is 5.31. The van der Waals surface area contributed by atoms with Gasteiger partial charge in [0.2, 0.25) is 0 Å². The first kappa shape index (κ1) is 22.9. The zero-order chi connectivity index (χ0) is 18.9. The maximum absolute atomic E-state index is 12.9. The molecule has 0 aromatic carbocycles. The molecule has 0 saturated carbocycles. The summed E-state index contributed by atoms with van der Waals surface area (Å²) in [6.07, 6.45) is 0.833. The number of hydrogen-bond donors (Lipinski definition) is 1. The minimum atomic E-state index is -2.08. The third kappa shape index (κ3) is 6.71. The summed E-state index contributed by atoms with van der Waals surface area (Å²) < 4.78 is 6.08. The van der Waals surface area contributed by atoms with Crippen molar-refractivity contribution >= 4 is 22.5 Å². The summed E-state index contributed by atoms with van der Waals surface area (Å²) in [5.74, 6) is 0.416. The highest BCUT2D eigenvalue weighted by molar-refractivity contribution is 6.78. The lowest BCUT2D eigenvalue weighted by molar-refractivity contribution is -0.137. The molecule has 0 fully saturated rings. The van der Waals surface area contributed by atoms with Crippen molar-refractivity contribution in [1.29, 1.82) is 0 Å². The second-order valence-corrected chi connectivity index (χ2v) is 20.1. The quantitative estimate of drug-likeness (QED) is 0.632. The molecule has 0 aromatic heterocycles. The summed E-state index contributed by atoms with van der Waals surface area (Å²) in [7, 11) is -3.83. The zero-order valence-electron chi connectivity index (χ0n) is 17.7. The molecular formula is C18H41NO2Si2. The van der Waals surface area contributed by atoms with Gasteiger partial charge in [-0.1, -0.05) is 68.5 Å². The first-order valence-corrected chi connectivity index (χ1v) is 14.8. The van der Waals surface area contributed by atoms with E-state index >= 15 is 0 Å². The largest absolute Gasteiger partial charge is 0.518 e. The van der Waals surface area contributed by atoms with Gasteiger partial charge < -0.3 is 9.41 Å². The highest BCUT2D eigenvalue weighted by Crippen LogP contribution is 2.38. The fraction of sp³-hybridized carbons (Fsp3) is 0.944. The molecule has 1 atom stereocenters. The first-order chi connectivity index (χ1) is 9.91. The van der Waals surface area contributed by atoms with Gasteiger partial charge in [0.05, 0.1) is 6.04 Å². The van der Waals surface area contributed by atoms with Gasteiger partial charge in [0.1, 0.15) is 8.24 Å². The summed E-state index contributed by atoms with van der Waals surface area (Å²) in [5.41, 5.74) is 0. The highest BCUT2D eigenvalue weighted by Gasteiger charge is 2.44. The fourth-order valence-electron chi connectivity index (χ4n) is 1.81. The number of nitrogens with one attached hydrogen (secondary N) is 1. The summed E-state index contributed by atoms with van der Waals surface area (Å²) in [5, 5.41) is 0.238. The normalized spacial score (nSPS) is 15.7. The van der Waals surface area contributed by atoms with E-state index in [0.29, 0.717) is 5.92 Å². The van der Waals surface area contributed by atoms with Gasteiger partial charge in [0.15, 0.2) is 0 Å². The second kappa shape index (κ2) is 7.40. The van der Waals surface area contributed by atoms with Crippen LogP contribution in [0.5, 0.6) is 0 Å². The summed E-state index contributed by atoms with van der Waals surface area (Å²) in [6, 6.07) is -0.190. The predicted molar refractivity (Wildman–Crippen MR) is 107 cm³/mol. The maximum Gasteiger partial charge on any atom is 0.309 e. The second-order valence-electron chi connectivity index (χ2n) is 10.4. The molecule has 138 valence electrons. The van der Waals surface area contributed by atoms with Gasteiger partial charge in [-0.3, -0.25) is 4.79 Å². The number of hydrogen-bond acceptors (Lipinski definition) is 3. The monoisotopic (exact) mass is 359 g/mol. The van der Waals surface area contributed by atoms with E-state index in [2.05, 4.69) is 86.6 Å². The Hall–Kier alpha value is -0.136. The minimum absolute atomic E-state index is 0.0437. The van der Waals surface area contributed by atoms with E-state index < -0.39 is 16.6 Å². The Bertz CT molecular complexity index is 404. The van der Waals surface area contributed by atoms with Crippen molar-refractivity contribution in [2.24, 2.45) is 5.92 Å². The van der Waals surface area contributed by atoms with Crippen LogP contribution >= 0.6 is 0 Å². The van der Waals surface area contributed by atoms with Crippen LogP contribution in [-0.2, 0) is 9.22 Å². The Kier molecular flexibility index (Phi) is 7.36. The lowest BCUT2D eigenvalue weighted by atomic mass is 10.1. The van der Waals surface area contributed by atoms with E-state index in [0.717, 1.165) is 6.42 Å². The molecule has 1 N–H and O–H groups in total. The molecule has 5 heteroatoms. The average Bonchev–Trinajstić information content (AvgIpc) is 2.22. The molecule has 0 aliphatic heterocycles. The minimum Gasteiger partial charge on any atom is -0.518 e. The summed E-state index contributed by atoms with van der Waals surface area (Å²) in [4.78, 5) is 16.6. The lowest BCUT2D eigenvalue weighted by Gasteiger charge is -2.42. The molecule has 0 amide bonds. The van der Waals surface area contributed by atoms with Crippen molar-refractivity contribution in [3.05, 3.63) is 0 Å². The van der Waals surface area contributed by atoms with E-state index in [1.807, 2.05) is 0 Å². The predicted octanol–water partition coefficient (Wildman–Crippen LogP) is 5.54. The molecule has 0 aliphatic carbocycles. The maximum atomic E-state index is 12.9. The van der Waals surface area contributed by atoms with Crippen LogP contribution < -0.4 is 4.98 Å². The molecule has 3 nitrogen and oxygen atoms in total. The van der Waals surface area contributed by atoms with Gasteiger partial charge in [0.25, 0.3) is 8.32 Å². The molecule has 23 heavy (non-hydrogen) atoms. The van der Waals surface area contributed by atoms with Gasteiger partial charge >= 0.3 is 5.97 Å². The Morgan fingerprint density at radius 3 is 1.70 bits per heavy atom. The smallest absolute Gasteiger partial charge is 0.309 e. The molecule has 0 saturated heterocycles. The molecule has 0 heterocycles. The van der Waals surface area contributed by atoms with Crippen LogP contribution in [0.2, 0.25) is 36.3 Å². The van der Waals surface area contributed by atoms with Crippen molar-refractivity contribution < 1.29 is 9.22 Å². The standard InChI is InChI=1S/C18H41NO2Si2/c1-14(2)13-15(19-22(9,10)17(3,4)5)16(20)21-23(11,12)18(6,7)8/h14-15,19H,13H2,1-12H3. The van der Waals surface area contributed by atoms with Gasteiger partial charge in [-0.15, -0.1) is 0 Å². The molecule has 0 radical (unpaired) electrons. The molecule has 1 unspecified atom stereocenters. The van der Waals surface area contributed by atoms with Crippen molar-refractivity contribution in [3.63, 3.8) is 0 Å². The molecular weight excluding hydrogens is 318 g/mol. The highest BCUT2D eigenvalue weighted by atomic mass is 28.4. The van der Waals surface area contributed by atoms with Crippen LogP contribution in [0.15, 0.2) is 0 Å². The van der Waals surface area contributed by atoms with Crippen molar-refractivity contribution in [1.82, 2.24) is 4.98 Å². The van der Waals surface area contributed by atoms with Crippen LogP contribution in [-0.4, -0.2) is 28.6 Å². The van der Waals surface area contributed by atoms with Gasteiger partial charge in [-0.25, -0.2) is 0 Å². The van der Waals surface area contributed by atoms with E-state index in [1.165, 1.54) is 0 Å². The first-order valence-electron chi connectivity index (χ1n) is 8.91. The molecule has 0 aromatic rings. The number of carbonyl (C=O) groups is 1. The van der Waals surface area contributed by atoms with Crippen molar-refractivity contribution in [3.8, 4) is 0 Å². The SMILES string of the molecule is CC(C)CC(N[Si](C)(C)C(C)(C)C)C(=O)O[Si](C)(C)C(C)(C)C. The third-order valence-corrected chi connectivity index (χ3v) is 14.7. The third-order valence-electron chi connectivity index (χ3n) is 5.56. The zero-order valence-corrected chi connectivity index (χ0v) is 19.7. The molecule has 0 spiro atoms. The van der Waals surface area contributed by atoms with Crippen LogP contribution in [0.1, 0.15) is 61.8 Å². The van der Waals surface area contributed by atoms with Crippen LogP contribution in [0, 0.1) is 5.92 Å². The summed E-state index contributed by atoms with van der Waals surface area (Å²) in [6.45, 7) is 26.5. The van der Waals surface area contributed by atoms with E-state index in [4.69, 9.17) is 4.43 Å². The average molecular weight is 360 g/mol. The van der Waals surface area contributed by atoms with Crippen LogP contribution in [0.4, 0.5) is 0 Å². The van der Waals surface area contributed by atoms with E-state index in [1.54, 1.807) is 0 Å². The van der Waals surface area contributed by atoms with Crippen LogP contribution in [0.3, 0.4) is 0 Å². The number of carbonyl (C=O) groups excluding carboxylic acids is 1. The van der Waals surface area contributed by atoms with Gasteiger partial charge in [-0.05, 0) is 35.5 Å². The Labute approximate surface area is 147 Å². The number of rotatable bonds is 6. The van der Waals surface area contributed by atoms with Crippen LogP contribution in [0.25, 0.3) is 0 Å². The molecule has 0 rings (SSSR count).